The van der Waals surface area contributed by atoms with E-state index in [1.807, 2.05) is 6.92 Å². The summed E-state index contributed by atoms with van der Waals surface area (Å²) in [6.45, 7) is 7.72. The maximum absolute atomic E-state index is 12.2. The molecule has 0 aromatic rings. The molecule has 0 aromatic carbocycles. The van der Waals surface area contributed by atoms with Gasteiger partial charge < -0.3 is 9.47 Å². The Labute approximate surface area is 130 Å². The lowest BCUT2D eigenvalue weighted by atomic mass is 10.2. The molecule has 1 aliphatic rings. The number of rotatable bonds is 5. The summed E-state index contributed by atoms with van der Waals surface area (Å²) in [5.41, 5.74) is 7.88. The monoisotopic (exact) mass is 312 g/mol. The van der Waals surface area contributed by atoms with Gasteiger partial charge in [-0.05, 0) is 39.1 Å². The van der Waals surface area contributed by atoms with Gasteiger partial charge in [-0.1, -0.05) is 18.5 Å². The molecule has 8 nitrogen and oxygen atoms in total. The average molecular weight is 312 g/mol. The van der Waals surface area contributed by atoms with Crippen molar-refractivity contribution in [3.05, 3.63) is 10.4 Å². The van der Waals surface area contributed by atoms with E-state index in [9.17, 15) is 9.59 Å². The van der Waals surface area contributed by atoms with Gasteiger partial charge in [-0.25, -0.2) is 9.59 Å². The fourth-order valence-corrected chi connectivity index (χ4v) is 2.13. The fraction of sp³-hybridized carbons (Fsp3) is 0.857. The number of carbonyl (C=O) groups excluding carboxylic acids is 2. The predicted molar refractivity (Wildman–Crippen MR) is 80.1 cm³/mol. The van der Waals surface area contributed by atoms with Crippen LogP contribution in [-0.2, 0) is 14.3 Å². The van der Waals surface area contributed by atoms with Crippen molar-refractivity contribution < 1.29 is 19.1 Å². The van der Waals surface area contributed by atoms with Crippen LogP contribution in [0.15, 0.2) is 5.11 Å². The highest BCUT2D eigenvalue weighted by atomic mass is 16.6. The minimum Gasteiger partial charge on any atom is -0.464 e. The van der Waals surface area contributed by atoms with Crippen molar-refractivity contribution in [2.45, 2.75) is 64.6 Å². The van der Waals surface area contributed by atoms with Gasteiger partial charge >= 0.3 is 12.1 Å². The lowest BCUT2D eigenvalue weighted by Gasteiger charge is -2.27. The smallest absolute Gasteiger partial charge is 0.411 e. The summed E-state index contributed by atoms with van der Waals surface area (Å²) in [6, 6.07) is -1.21. The summed E-state index contributed by atoms with van der Waals surface area (Å²) in [6.07, 6.45) is 1.34. The molecular formula is C14H24N4O4. The average Bonchev–Trinajstić information content (AvgIpc) is 2.81. The molecule has 0 aliphatic carbocycles. The van der Waals surface area contributed by atoms with Crippen LogP contribution in [0.3, 0.4) is 0 Å². The third-order valence-electron chi connectivity index (χ3n) is 3.14. The third kappa shape index (κ3) is 5.44. The summed E-state index contributed by atoms with van der Waals surface area (Å²) in [5.74, 6) is -0.477. The van der Waals surface area contributed by atoms with Crippen molar-refractivity contribution in [1.82, 2.24) is 4.90 Å². The van der Waals surface area contributed by atoms with E-state index in [2.05, 4.69) is 10.0 Å². The molecule has 0 saturated carbocycles. The maximum Gasteiger partial charge on any atom is 0.411 e. The number of carbonyl (C=O) groups is 2. The molecule has 0 aromatic heterocycles. The zero-order valence-corrected chi connectivity index (χ0v) is 13.6. The Hall–Kier alpha value is -1.95. The highest BCUT2D eigenvalue weighted by Crippen LogP contribution is 2.24. The standard InChI is InChI=1S/C14H24N4O4/c1-5-6-7-21-12(19)11-8-10(16-17-15)9-18(11)13(20)22-14(2,3)4/h10-11H,5-9H2,1-4H3/t10-,11-/m1/s1. The molecule has 2 atom stereocenters. The molecule has 0 unspecified atom stereocenters. The van der Waals surface area contributed by atoms with Gasteiger partial charge in [0.2, 0.25) is 0 Å². The van der Waals surface area contributed by atoms with Gasteiger partial charge in [0.05, 0.1) is 12.6 Å². The van der Waals surface area contributed by atoms with Crippen molar-refractivity contribution >= 4 is 12.1 Å². The summed E-state index contributed by atoms with van der Waals surface area (Å²) >= 11 is 0. The van der Waals surface area contributed by atoms with E-state index in [4.69, 9.17) is 15.0 Å². The zero-order chi connectivity index (χ0) is 16.8. The van der Waals surface area contributed by atoms with Crippen molar-refractivity contribution in [3.63, 3.8) is 0 Å². The van der Waals surface area contributed by atoms with E-state index in [-0.39, 0.29) is 13.0 Å². The Morgan fingerprint density at radius 3 is 2.64 bits per heavy atom. The van der Waals surface area contributed by atoms with Crippen LogP contribution in [-0.4, -0.2) is 47.8 Å². The number of azide groups is 1. The van der Waals surface area contributed by atoms with Crippen molar-refractivity contribution in [2.75, 3.05) is 13.2 Å². The molecule has 124 valence electrons. The summed E-state index contributed by atoms with van der Waals surface area (Å²) in [5, 5.41) is 3.61. The molecule has 1 rings (SSSR count). The van der Waals surface area contributed by atoms with Gasteiger partial charge in [0, 0.05) is 11.5 Å². The molecule has 22 heavy (non-hydrogen) atoms. The van der Waals surface area contributed by atoms with Gasteiger partial charge in [0.25, 0.3) is 0 Å². The minimum absolute atomic E-state index is 0.159. The first-order valence-electron chi connectivity index (χ1n) is 7.49. The Morgan fingerprint density at radius 1 is 1.41 bits per heavy atom. The molecule has 1 amide bonds. The normalized spacial score (nSPS) is 21.2. The number of nitrogens with zero attached hydrogens (tertiary/aromatic N) is 4. The van der Waals surface area contributed by atoms with Crippen LogP contribution >= 0.6 is 0 Å². The second kappa shape index (κ2) is 7.89. The van der Waals surface area contributed by atoms with E-state index in [0.29, 0.717) is 6.61 Å². The SMILES string of the molecule is CCCCOC(=O)[C@H]1C[C@@H](N=[N+]=[N-])CN1C(=O)OC(C)(C)C. The van der Waals surface area contributed by atoms with Crippen LogP contribution in [0.5, 0.6) is 0 Å². The van der Waals surface area contributed by atoms with Crippen molar-refractivity contribution in [1.29, 1.82) is 0 Å². The fourth-order valence-electron chi connectivity index (χ4n) is 2.13. The Kier molecular flexibility index (Phi) is 6.49. The number of hydrogen-bond donors (Lipinski definition) is 0. The summed E-state index contributed by atoms with van der Waals surface area (Å²) in [7, 11) is 0. The Balaban J connectivity index is 2.78. The van der Waals surface area contributed by atoms with E-state index in [0.717, 1.165) is 12.8 Å². The van der Waals surface area contributed by atoms with Gasteiger partial charge in [-0.15, -0.1) is 0 Å². The molecule has 8 heteroatoms. The molecule has 1 fully saturated rings. The Bertz CT molecular complexity index is 454. The zero-order valence-electron chi connectivity index (χ0n) is 13.6. The number of likely N-dealkylation sites (tertiary alicyclic amines) is 1. The second-order valence-electron chi connectivity index (χ2n) is 6.26. The first-order valence-corrected chi connectivity index (χ1v) is 7.49. The number of ether oxygens (including phenoxy) is 2. The van der Waals surface area contributed by atoms with Gasteiger partial charge in [-0.3, -0.25) is 4.90 Å². The molecule has 0 spiro atoms. The molecule has 0 bridgehead atoms. The lowest BCUT2D eigenvalue weighted by Crippen LogP contribution is -2.44. The first kappa shape index (κ1) is 18.1. The summed E-state index contributed by atoms with van der Waals surface area (Å²) < 4.78 is 10.5. The highest BCUT2D eigenvalue weighted by Gasteiger charge is 2.42. The molecule has 1 saturated heterocycles. The largest absolute Gasteiger partial charge is 0.464 e. The van der Waals surface area contributed by atoms with E-state index < -0.39 is 29.7 Å². The maximum atomic E-state index is 12.2. The topological polar surface area (TPSA) is 105 Å². The number of hydrogen-bond acceptors (Lipinski definition) is 5. The molecular weight excluding hydrogens is 288 g/mol. The highest BCUT2D eigenvalue weighted by molar-refractivity contribution is 5.82. The third-order valence-corrected chi connectivity index (χ3v) is 3.14. The van der Waals surface area contributed by atoms with Crippen LogP contribution in [0.4, 0.5) is 4.79 Å². The van der Waals surface area contributed by atoms with Crippen LogP contribution in [0, 0.1) is 0 Å². The van der Waals surface area contributed by atoms with Crippen molar-refractivity contribution in [2.24, 2.45) is 5.11 Å². The van der Waals surface area contributed by atoms with Crippen LogP contribution in [0.25, 0.3) is 10.4 Å². The molecule has 1 aliphatic heterocycles. The second-order valence-corrected chi connectivity index (χ2v) is 6.26. The molecule has 0 radical (unpaired) electrons. The molecule has 1 heterocycles. The number of esters is 1. The number of amides is 1. The molecule has 0 N–H and O–H groups in total. The number of unbranched alkanes of at least 4 members (excludes halogenated alkanes) is 1. The first-order chi connectivity index (χ1) is 10.3. The van der Waals surface area contributed by atoms with Crippen LogP contribution in [0.1, 0.15) is 47.0 Å². The van der Waals surface area contributed by atoms with Gasteiger partial charge in [0.1, 0.15) is 11.6 Å². The van der Waals surface area contributed by atoms with E-state index in [1.165, 1.54) is 4.90 Å². The van der Waals surface area contributed by atoms with Crippen LogP contribution in [0.2, 0.25) is 0 Å². The Morgan fingerprint density at radius 2 is 2.09 bits per heavy atom. The quantitative estimate of drug-likeness (QED) is 0.256. The van der Waals surface area contributed by atoms with E-state index in [1.54, 1.807) is 20.8 Å². The predicted octanol–water partition coefficient (Wildman–Crippen LogP) is 3.02. The summed E-state index contributed by atoms with van der Waals surface area (Å²) in [4.78, 5) is 28.4. The van der Waals surface area contributed by atoms with Gasteiger partial charge in [0.15, 0.2) is 0 Å². The van der Waals surface area contributed by atoms with Crippen molar-refractivity contribution in [3.8, 4) is 0 Å². The van der Waals surface area contributed by atoms with Gasteiger partial charge in [-0.2, -0.15) is 0 Å². The lowest BCUT2D eigenvalue weighted by molar-refractivity contribution is -0.148. The minimum atomic E-state index is -0.762. The van der Waals surface area contributed by atoms with E-state index >= 15 is 0 Å². The van der Waals surface area contributed by atoms with Crippen LogP contribution < -0.4 is 0 Å².